The number of hydrogen-bond acceptors (Lipinski definition) is 5. The lowest BCUT2D eigenvalue weighted by molar-refractivity contribution is 0.112. The molecule has 0 aliphatic heterocycles. The average Bonchev–Trinajstić information content (AvgIpc) is 2.66. The number of carbonyl (C=O) groups excluding carboxylic acids is 1. The average molecular weight is 439 g/mol. The summed E-state index contributed by atoms with van der Waals surface area (Å²) in [6.07, 6.45) is 3.53. The zero-order valence-electron chi connectivity index (χ0n) is 16.3. The number of aldehydes is 1. The van der Waals surface area contributed by atoms with Crippen LogP contribution in [0.3, 0.4) is 0 Å². The van der Waals surface area contributed by atoms with Crippen LogP contribution >= 0.6 is 35.1 Å². The van der Waals surface area contributed by atoms with Crippen molar-refractivity contribution in [2.75, 3.05) is 29.9 Å². The molecule has 0 amide bonds. The van der Waals surface area contributed by atoms with E-state index >= 15 is 0 Å². The lowest BCUT2D eigenvalue weighted by Crippen LogP contribution is -2.07. The number of hydrogen-bond donors (Lipinski definition) is 2. The standard InChI is InChI=1S/C20H24Cl2N4OS/c1-5-10-28-25-18-7-6-15(21)20(19(18)22)24-16-8-9-17(23-12-26(3)4)14(11-27)13(16)2/h6-9,11-12,24-25H,5,10H2,1-4H3. The third kappa shape index (κ3) is 5.56. The second-order valence-corrected chi connectivity index (χ2v) is 8.04. The van der Waals surface area contributed by atoms with Gasteiger partial charge in [0.1, 0.15) is 0 Å². The fraction of sp³-hybridized carbons (Fsp3) is 0.300. The van der Waals surface area contributed by atoms with Crippen molar-refractivity contribution >= 4 is 70.5 Å². The van der Waals surface area contributed by atoms with Crippen molar-refractivity contribution < 1.29 is 4.79 Å². The first kappa shape index (κ1) is 22.4. The summed E-state index contributed by atoms with van der Waals surface area (Å²) in [4.78, 5) is 17.8. The predicted molar refractivity (Wildman–Crippen MR) is 125 cm³/mol. The van der Waals surface area contributed by atoms with E-state index in [4.69, 9.17) is 23.2 Å². The van der Waals surface area contributed by atoms with Gasteiger partial charge >= 0.3 is 0 Å². The van der Waals surface area contributed by atoms with Crippen molar-refractivity contribution in [3.63, 3.8) is 0 Å². The van der Waals surface area contributed by atoms with Gasteiger partial charge in [-0.2, -0.15) is 0 Å². The van der Waals surface area contributed by atoms with Gasteiger partial charge in [0.05, 0.1) is 33.4 Å². The van der Waals surface area contributed by atoms with Gasteiger partial charge in [-0.1, -0.05) is 42.1 Å². The Kier molecular flexibility index (Phi) is 8.48. The van der Waals surface area contributed by atoms with Gasteiger partial charge in [0.15, 0.2) is 6.29 Å². The Morgan fingerprint density at radius 2 is 1.89 bits per heavy atom. The van der Waals surface area contributed by atoms with Gasteiger partial charge in [-0.15, -0.1) is 0 Å². The summed E-state index contributed by atoms with van der Waals surface area (Å²) in [7, 11) is 3.74. The number of carbonyl (C=O) groups is 1. The van der Waals surface area contributed by atoms with Crippen molar-refractivity contribution in [1.82, 2.24) is 4.90 Å². The molecular formula is C20H24Cl2N4OS. The van der Waals surface area contributed by atoms with Gasteiger partial charge in [0.25, 0.3) is 0 Å². The molecule has 0 aliphatic carbocycles. The lowest BCUT2D eigenvalue weighted by Gasteiger charge is -2.17. The molecule has 2 aromatic carbocycles. The van der Waals surface area contributed by atoms with Gasteiger partial charge in [0, 0.05) is 31.1 Å². The fourth-order valence-corrected chi connectivity index (χ4v) is 3.60. The van der Waals surface area contributed by atoms with Crippen LogP contribution in [0.2, 0.25) is 10.0 Å². The van der Waals surface area contributed by atoms with E-state index in [1.807, 2.05) is 38.1 Å². The molecule has 0 bridgehead atoms. The van der Waals surface area contributed by atoms with Crippen LogP contribution in [0.25, 0.3) is 0 Å². The van der Waals surface area contributed by atoms with Crippen molar-refractivity contribution in [3.05, 3.63) is 45.4 Å². The Balaban J connectivity index is 2.37. The zero-order valence-corrected chi connectivity index (χ0v) is 18.7. The number of benzene rings is 2. The highest BCUT2D eigenvalue weighted by molar-refractivity contribution is 8.00. The summed E-state index contributed by atoms with van der Waals surface area (Å²) in [5, 5.41) is 4.27. The maximum atomic E-state index is 11.7. The molecule has 0 aromatic heterocycles. The summed E-state index contributed by atoms with van der Waals surface area (Å²) in [5.41, 5.74) is 4.02. The van der Waals surface area contributed by atoms with E-state index < -0.39 is 0 Å². The minimum absolute atomic E-state index is 0.498. The second-order valence-electron chi connectivity index (χ2n) is 6.36. The van der Waals surface area contributed by atoms with Gasteiger partial charge in [-0.05, 0) is 43.2 Å². The molecule has 0 unspecified atom stereocenters. The number of aliphatic imine (C=N–C) groups is 1. The Labute approximate surface area is 180 Å². The summed E-state index contributed by atoms with van der Waals surface area (Å²) in [6.45, 7) is 3.98. The Morgan fingerprint density at radius 3 is 2.54 bits per heavy atom. The molecule has 2 aromatic rings. The van der Waals surface area contributed by atoms with Gasteiger partial charge in [-0.25, -0.2) is 4.99 Å². The van der Waals surface area contributed by atoms with Crippen LogP contribution in [0.1, 0.15) is 29.3 Å². The smallest absolute Gasteiger partial charge is 0.152 e. The normalized spacial score (nSPS) is 10.9. The molecule has 0 saturated carbocycles. The van der Waals surface area contributed by atoms with Crippen molar-refractivity contribution in [1.29, 1.82) is 0 Å². The Hall–Kier alpha value is -1.89. The van der Waals surface area contributed by atoms with Crippen LogP contribution < -0.4 is 10.0 Å². The summed E-state index contributed by atoms with van der Waals surface area (Å²) in [6, 6.07) is 7.29. The molecule has 2 N–H and O–H groups in total. The van der Waals surface area contributed by atoms with Crippen LogP contribution in [-0.2, 0) is 0 Å². The number of rotatable bonds is 9. The summed E-state index contributed by atoms with van der Waals surface area (Å²) < 4.78 is 3.25. The molecule has 150 valence electrons. The van der Waals surface area contributed by atoms with Crippen LogP contribution in [0.5, 0.6) is 0 Å². The van der Waals surface area contributed by atoms with Crippen LogP contribution in [-0.4, -0.2) is 37.4 Å². The zero-order chi connectivity index (χ0) is 20.7. The largest absolute Gasteiger partial charge is 0.369 e. The second kappa shape index (κ2) is 10.6. The molecule has 0 saturated heterocycles. The van der Waals surface area contributed by atoms with E-state index in [1.54, 1.807) is 30.4 Å². The maximum Gasteiger partial charge on any atom is 0.152 e. The van der Waals surface area contributed by atoms with Crippen LogP contribution in [0.15, 0.2) is 29.3 Å². The molecule has 2 rings (SSSR count). The lowest BCUT2D eigenvalue weighted by atomic mass is 10.1. The molecule has 8 heteroatoms. The highest BCUT2D eigenvalue weighted by atomic mass is 35.5. The topological polar surface area (TPSA) is 56.7 Å². The summed E-state index contributed by atoms with van der Waals surface area (Å²) >= 11 is 14.5. The van der Waals surface area contributed by atoms with Crippen LogP contribution in [0.4, 0.5) is 22.7 Å². The SMILES string of the molecule is CCCSNc1ccc(Cl)c(Nc2ccc(N=CN(C)C)c(C=O)c2C)c1Cl. The number of anilines is 3. The number of halogens is 2. The van der Waals surface area contributed by atoms with Gasteiger partial charge in [-0.3, -0.25) is 4.79 Å². The molecule has 0 fully saturated rings. The van der Waals surface area contributed by atoms with E-state index in [-0.39, 0.29) is 0 Å². The molecule has 0 aliphatic rings. The van der Waals surface area contributed by atoms with E-state index in [9.17, 15) is 4.79 Å². The van der Waals surface area contributed by atoms with Gasteiger partial charge < -0.3 is 14.9 Å². The molecule has 5 nitrogen and oxygen atoms in total. The van der Waals surface area contributed by atoms with Crippen molar-refractivity contribution in [2.24, 2.45) is 4.99 Å². The minimum atomic E-state index is 0.498. The monoisotopic (exact) mass is 438 g/mol. The van der Waals surface area contributed by atoms with Gasteiger partial charge in [0.2, 0.25) is 0 Å². The molecule has 0 heterocycles. The predicted octanol–water partition coefficient (Wildman–Crippen LogP) is 6.55. The highest BCUT2D eigenvalue weighted by Gasteiger charge is 2.15. The van der Waals surface area contributed by atoms with E-state index in [1.165, 1.54) is 0 Å². The molecule has 28 heavy (non-hydrogen) atoms. The third-order valence-electron chi connectivity index (χ3n) is 3.88. The number of nitrogens with one attached hydrogen (secondary N) is 2. The van der Waals surface area contributed by atoms with E-state index in [0.29, 0.717) is 27.0 Å². The quantitative estimate of drug-likeness (QED) is 0.153. The molecule has 0 spiro atoms. The molecule has 0 radical (unpaired) electrons. The first-order valence-corrected chi connectivity index (χ1v) is 10.5. The summed E-state index contributed by atoms with van der Waals surface area (Å²) in [5.74, 6) is 0.971. The Morgan fingerprint density at radius 1 is 1.18 bits per heavy atom. The minimum Gasteiger partial charge on any atom is -0.369 e. The Bertz CT molecular complexity index is 872. The third-order valence-corrected chi connectivity index (χ3v) is 5.56. The number of nitrogens with zero attached hydrogens (tertiary/aromatic N) is 2. The van der Waals surface area contributed by atoms with Crippen LogP contribution in [0, 0.1) is 6.92 Å². The van der Waals surface area contributed by atoms with Crippen molar-refractivity contribution in [3.8, 4) is 0 Å². The fourth-order valence-electron chi connectivity index (χ4n) is 2.40. The van der Waals surface area contributed by atoms with E-state index in [2.05, 4.69) is 22.0 Å². The highest BCUT2D eigenvalue weighted by Crippen LogP contribution is 2.40. The molecule has 0 atom stereocenters. The van der Waals surface area contributed by atoms with E-state index in [0.717, 1.165) is 35.4 Å². The van der Waals surface area contributed by atoms with Crippen molar-refractivity contribution in [2.45, 2.75) is 20.3 Å². The molecular weight excluding hydrogens is 415 g/mol. The first-order chi connectivity index (χ1) is 13.4. The first-order valence-electron chi connectivity index (χ1n) is 8.81. The maximum absolute atomic E-state index is 11.7.